The van der Waals surface area contributed by atoms with E-state index in [1.807, 2.05) is 59.3 Å². The van der Waals surface area contributed by atoms with Gasteiger partial charge in [0, 0.05) is 11.8 Å². The maximum atomic E-state index is 8.71. The molecule has 0 aliphatic heterocycles. The Bertz CT molecular complexity index is 674. The van der Waals surface area contributed by atoms with Crippen molar-refractivity contribution < 1.29 is 9.84 Å². The molecule has 4 heteroatoms. The summed E-state index contributed by atoms with van der Waals surface area (Å²) in [5.41, 5.74) is 3.05. The van der Waals surface area contributed by atoms with Crippen LogP contribution in [0.5, 0.6) is 5.75 Å². The Morgan fingerprint density at radius 1 is 1.11 bits per heavy atom. The van der Waals surface area contributed by atoms with Crippen LogP contribution >= 0.6 is 0 Å². The molecule has 2 heterocycles. The van der Waals surface area contributed by atoms with Gasteiger partial charge in [-0.15, -0.1) is 0 Å². The lowest BCUT2D eigenvalue weighted by Gasteiger charge is -2.05. The predicted molar refractivity (Wildman–Crippen MR) is 73.2 cm³/mol. The molecule has 3 aromatic rings. The van der Waals surface area contributed by atoms with Crippen LogP contribution in [0.15, 0.2) is 54.9 Å². The van der Waals surface area contributed by atoms with Crippen LogP contribution in [-0.2, 0) is 0 Å². The van der Waals surface area contributed by atoms with Crippen molar-refractivity contribution in [2.24, 2.45) is 0 Å². The zero-order valence-electron chi connectivity index (χ0n) is 10.4. The monoisotopic (exact) mass is 254 g/mol. The third-order valence-corrected chi connectivity index (χ3v) is 2.93. The van der Waals surface area contributed by atoms with Crippen LogP contribution in [0, 0.1) is 0 Å². The molecule has 0 spiro atoms. The van der Waals surface area contributed by atoms with E-state index < -0.39 is 0 Å². The first kappa shape index (κ1) is 11.7. The highest BCUT2D eigenvalue weighted by atomic mass is 16.5. The largest absolute Gasteiger partial charge is 0.491 e. The minimum absolute atomic E-state index is 0.0228. The molecular weight excluding hydrogens is 240 g/mol. The summed E-state index contributed by atoms with van der Waals surface area (Å²) in [5, 5.41) is 8.71. The molecule has 19 heavy (non-hydrogen) atoms. The van der Waals surface area contributed by atoms with Gasteiger partial charge >= 0.3 is 0 Å². The molecule has 0 bridgehead atoms. The Labute approximate surface area is 110 Å². The molecule has 0 saturated carbocycles. The van der Waals surface area contributed by atoms with Gasteiger partial charge in [0.1, 0.15) is 18.0 Å². The van der Waals surface area contributed by atoms with Crippen molar-refractivity contribution >= 4 is 5.65 Å². The number of pyridine rings is 1. The number of nitrogens with zero attached hydrogens (tertiary/aromatic N) is 2. The van der Waals surface area contributed by atoms with E-state index in [2.05, 4.69) is 4.98 Å². The van der Waals surface area contributed by atoms with Gasteiger partial charge in [0.15, 0.2) is 0 Å². The number of hydrogen-bond acceptors (Lipinski definition) is 3. The highest BCUT2D eigenvalue weighted by Gasteiger charge is 2.05. The number of aliphatic hydroxyl groups excluding tert-OH is 1. The van der Waals surface area contributed by atoms with Gasteiger partial charge in [0.2, 0.25) is 0 Å². The van der Waals surface area contributed by atoms with Crippen molar-refractivity contribution in [2.45, 2.75) is 0 Å². The molecule has 3 rings (SSSR count). The smallest absolute Gasteiger partial charge is 0.137 e. The molecule has 0 radical (unpaired) electrons. The second-order valence-electron chi connectivity index (χ2n) is 4.17. The SMILES string of the molecule is OCCOc1ccc(-c2cnc3ccccn23)cc1. The third kappa shape index (κ3) is 2.30. The van der Waals surface area contributed by atoms with Crippen molar-refractivity contribution in [3.8, 4) is 17.0 Å². The number of aliphatic hydroxyl groups is 1. The van der Waals surface area contributed by atoms with Gasteiger partial charge in [0.05, 0.1) is 18.5 Å². The fraction of sp³-hybridized carbons (Fsp3) is 0.133. The topological polar surface area (TPSA) is 46.8 Å². The quantitative estimate of drug-likeness (QED) is 0.777. The van der Waals surface area contributed by atoms with Crippen LogP contribution in [-0.4, -0.2) is 27.7 Å². The molecule has 0 aliphatic carbocycles. The number of ether oxygens (including phenoxy) is 1. The Morgan fingerprint density at radius 3 is 2.74 bits per heavy atom. The highest BCUT2D eigenvalue weighted by Crippen LogP contribution is 2.23. The first-order valence-corrected chi connectivity index (χ1v) is 6.14. The summed E-state index contributed by atoms with van der Waals surface area (Å²) < 4.78 is 7.39. The Kier molecular flexibility index (Phi) is 3.16. The summed E-state index contributed by atoms with van der Waals surface area (Å²) in [5.74, 6) is 0.756. The summed E-state index contributed by atoms with van der Waals surface area (Å²) >= 11 is 0. The summed E-state index contributed by atoms with van der Waals surface area (Å²) in [6, 6.07) is 13.7. The molecule has 1 aromatic carbocycles. The summed E-state index contributed by atoms with van der Waals surface area (Å²) in [4.78, 5) is 4.37. The number of aromatic nitrogens is 2. The molecule has 0 fully saturated rings. The average molecular weight is 254 g/mol. The molecule has 0 aliphatic rings. The molecule has 0 atom stereocenters. The normalized spacial score (nSPS) is 10.8. The van der Waals surface area contributed by atoms with Crippen LogP contribution in [0.4, 0.5) is 0 Å². The van der Waals surface area contributed by atoms with Gasteiger partial charge in [0.25, 0.3) is 0 Å². The summed E-state index contributed by atoms with van der Waals surface area (Å²) in [7, 11) is 0. The van der Waals surface area contributed by atoms with E-state index in [0.717, 1.165) is 22.7 Å². The van der Waals surface area contributed by atoms with Gasteiger partial charge in [-0.3, -0.25) is 4.40 Å². The molecule has 0 saturated heterocycles. The maximum Gasteiger partial charge on any atom is 0.137 e. The van der Waals surface area contributed by atoms with E-state index in [-0.39, 0.29) is 6.61 Å². The first-order valence-electron chi connectivity index (χ1n) is 6.14. The van der Waals surface area contributed by atoms with Crippen LogP contribution in [0.1, 0.15) is 0 Å². The van der Waals surface area contributed by atoms with E-state index >= 15 is 0 Å². The van der Waals surface area contributed by atoms with Crippen LogP contribution in [0.2, 0.25) is 0 Å². The maximum absolute atomic E-state index is 8.71. The summed E-state index contributed by atoms with van der Waals surface area (Å²) in [6.07, 6.45) is 3.85. The van der Waals surface area contributed by atoms with Gasteiger partial charge in [-0.25, -0.2) is 4.98 Å². The van der Waals surface area contributed by atoms with Gasteiger partial charge in [-0.1, -0.05) is 6.07 Å². The standard InChI is InChI=1S/C15H14N2O2/c18-9-10-19-13-6-4-12(5-7-13)14-11-16-15-3-1-2-8-17(14)15/h1-8,11,18H,9-10H2. The molecule has 0 amide bonds. The zero-order chi connectivity index (χ0) is 13.1. The number of fused-ring (bicyclic) bond motifs is 1. The van der Waals surface area contributed by atoms with Crippen molar-refractivity contribution in [3.63, 3.8) is 0 Å². The lowest BCUT2D eigenvalue weighted by Crippen LogP contribution is -2.01. The fourth-order valence-corrected chi connectivity index (χ4v) is 2.03. The van der Waals surface area contributed by atoms with Crippen molar-refractivity contribution in [2.75, 3.05) is 13.2 Å². The molecule has 4 nitrogen and oxygen atoms in total. The Balaban J connectivity index is 1.93. The average Bonchev–Trinajstić information content (AvgIpc) is 2.90. The van der Waals surface area contributed by atoms with Crippen molar-refractivity contribution in [1.29, 1.82) is 0 Å². The molecule has 96 valence electrons. The fourth-order valence-electron chi connectivity index (χ4n) is 2.03. The number of benzene rings is 1. The first-order chi connectivity index (χ1) is 9.38. The van der Waals surface area contributed by atoms with E-state index in [0.29, 0.717) is 6.61 Å². The molecular formula is C15H14N2O2. The zero-order valence-corrected chi connectivity index (χ0v) is 10.4. The third-order valence-electron chi connectivity index (χ3n) is 2.93. The van der Waals surface area contributed by atoms with E-state index in [1.165, 1.54) is 0 Å². The van der Waals surface area contributed by atoms with Crippen LogP contribution < -0.4 is 4.74 Å². The lowest BCUT2D eigenvalue weighted by molar-refractivity contribution is 0.201. The minimum atomic E-state index is 0.0228. The van der Waals surface area contributed by atoms with Gasteiger partial charge in [-0.2, -0.15) is 0 Å². The van der Waals surface area contributed by atoms with Crippen LogP contribution in [0.25, 0.3) is 16.9 Å². The Hall–Kier alpha value is -2.33. The van der Waals surface area contributed by atoms with Gasteiger partial charge < -0.3 is 9.84 Å². The second-order valence-corrected chi connectivity index (χ2v) is 4.17. The number of rotatable bonds is 4. The van der Waals surface area contributed by atoms with E-state index in [1.54, 1.807) is 0 Å². The van der Waals surface area contributed by atoms with E-state index in [4.69, 9.17) is 9.84 Å². The van der Waals surface area contributed by atoms with Gasteiger partial charge in [-0.05, 0) is 36.4 Å². The molecule has 0 unspecified atom stereocenters. The lowest BCUT2D eigenvalue weighted by atomic mass is 10.1. The van der Waals surface area contributed by atoms with Crippen molar-refractivity contribution in [3.05, 3.63) is 54.9 Å². The number of hydrogen-bond donors (Lipinski definition) is 1. The number of imidazole rings is 1. The molecule has 2 aromatic heterocycles. The molecule has 1 N–H and O–H groups in total. The van der Waals surface area contributed by atoms with Crippen LogP contribution in [0.3, 0.4) is 0 Å². The predicted octanol–water partition coefficient (Wildman–Crippen LogP) is 2.37. The van der Waals surface area contributed by atoms with Crippen molar-refractivity contribution in [1.82, 2.24) is 9.38 Å². The second kappa shape index (κ2) is 5.12. The summed E-state index contributed by atoms with van der Waals surface area (Å²) in [6.45, 7) is 0.337. The van der Waals surface area contributed by atoms with E-state index in [9.17, 15) is 0 Å². The highest BCUT2D eigenvalue weighted by molar-refractivity contribution is 5.64. The Morgan fingerprint density at radius 2 is 1.95 bits per heavy atom. The minimum Gasteiger partial charge on any atom is -0.491 e.